The van der Waals surface area contributed by atoms with E-state index >= 15 is 0 Å². The highest BCUT2D eigenvalue weighted by atomic mass is 79.9. The van der Waals surface area contributed by atoms with Gasteiger partial charge in [-0.25, -0.2) is 0 Å². The van der Waals surface area contributed by atoms with E-state index in [4.69, 9.17) is 4.52 Å². The predicted molar refractivity (Wildman–Crippen MR) is 94.0 cm³/mol. The van der Waals surface area contributed by atoms with E-state index in [2.05, 4.69) is 31.7 Å². The smallest absolute Gasteiger partial charge is 0.273 e. The maximum absolute atomic E-state index is 11.9. The van der Waals surface area contributed by atoms with E-state index in [0.717, 1.165) is 4.47 Å². The average molecular weight is 394 g/mol. The molecule has 0 fully saturated rings. The van der Waals surface area contributed by atoms with Crippen LogP contribution < -0.4 is 10.6 Å². The summed E-state index contributed by atoms with van der Waals surface area (Å²) >= 11 is 3.33. The molecule has 1 heterocycles. The Morgan fingerprint density at radius 3 is 2.33 bits per heavy atom. The van der Waals surface area contributed by atoms with Gasteiger partial charge in [0.05, 0.1) is 0 Å². The van der Waals surface area contributed by atoms with Crippen molar-refractivity contribution in [2.24, 2.45) is 0 Å². The summed E-state index contributed by atoms with van der Waals surface area (Å²) in [5.74, 6) is 0.464. The first-order chi connectivity index (χ1) is 11.5. The lowest BCUT2D eigenvalue weighted by Gasteiger charge is -2.06. The van der Waals surface area contributed by atoms with Crippen molar-refractivity contribution in [2.45, 2.75) is 26.2 Å². The molecule has 1 aromatic carbocycles. The molecule has 0 bridgehead atoms. The molecule has 0 aliphatic rings. The fourth-order valence-corrected chi connectivity index (χ4v) is 2.22. The van der Waals surface area contributed by atoms with Crippen LogP contribution in [-0.4, -0.2) is 30.1 Å². The number of aromatic nitrogens is 1. The van der Waals surface area contributed by atoms with Crippen LogP contribution in [0.3, 0.4) is 0 Å². The molecule has 2 rings (SSSR count). The van der Waals surface area contributed by atoms with Crippen LogP contribution >= 0.6 is 15.9 Å². The molecule has 2 N–H and O–H groups in total. The normalized spacial score (nSPS) is 10.7. The lowest BCUT2D eigenvalue weighted by atomic mass is 10.1. The largest absolute Gasteiger partial charge is 0.360 e. The zero-order valence-corrected chi connectivity index (χ0v) is 15.2. The molecule has 128 valence electrons. The summed E-state index contributed by atoms with van der Waals surface area (Å²) in [6.45, 7) is 4.86. The SMILES string of the molecule is CC(C)c1cc(C(=O)NCCCNC(=O)c2ccc(Br)cc2)no1. The Labute approximate surface area is 149 Å². The van der Waals surface area contributed by atoms with Crippen molar-refractivity contribution in [3.05, 3.63) is 51.8 Å². The molecule has 0 saturated heterocycles. The zero-order chi connectivity index (χ0) is 17.5. The van der Waals surface area contributed by atoms with Gasteiger partial charge < -0.3 is 15.2 Å². The molecule has 0 radical (unpaired) electrons. The molecule has 1 aromatic heterocycles. The molecule has 24 heavy (non-hydrogen) atoms. The number of nitrogens with zero attached hydrogens (tertiary/aromatic N) is 1. The van der Waals surface area contributed by atoms with Gasteiger partial charge in [-0.15, -0.1) is 0 Å². The molecule has 0 saturated carbocycles. The van der Waals surface area contributed by atoms with Crippen molar-refractivity contribution in [2.75, 3.05) is 13.1 Å². The maximum atomic E-state index is 11.9. The third-order valence-electron chi connectivity index (χ3n) is 3.36. The van der Waals surface area contributed by atoms with Crippen molar-refractivity contribution in [1.82, 2.24) is 15.8 Å². The summed E-state index contributed by atoms with van der Waals surface area (Å²) in [4.78, 5) is 23.8. The number of halogens is 1. The molecule has 7 heteroatoms. The van der Waals surface area contributed by atoms with Crippen LogP contribution in [0.1, 0.15) is 52.8 Å². The van der Waals surface area contributed by atoms with Gasteiger partial charge in [-0.1, -0.05) is 34.9 Å². The minimum atomic E-state index is -0.273. The number of hydrogen-bond acceptors (Lipinski definition) is 4. The fourth-order valence-electron chi connectivity index (χ4n) is 1.95. The van der Waals surface area contributed by atoms with Gasteiger partial charge >= 0.3 is 0 Å². The summed E-state index contributed by atoms with van der Waals surface area (Å²) in [5.41, 5.74) is 0.878. The van der Waals surface area contributed by atoms with Crippen LogP contribution in [0.25, 0.3) is 0 Å². The van der Waals surface area contributed by atoms with Crippen molar-refractivity contribution in [3.63, 3.8) is 0 Å². The number of rotatable bonds is 7. The molecule has 2 amide bonds. The van der Waals surface area contributed by atoms with Crippen LogP contribution in [0.2, 0.25) is 0 Å². The van der Waals surface area contributed by atoms with Crippen molar-refractivity contribution in [1.29, 1.82) is 0 Å². The first-order valence-electron chi connectivity index (χ1n) is 7.76. The minimum Gasteiger partial charge on any atom is -0.360 e. The summed E-state index contributed by atoms with van der Waals surface area (Å²) in [6.07, 6.45) is 0.628. The van der Waals surface area contributed by atoms with E-state index in [1.54, 1.807) is 18.2 Å². The average Bonchev–Trinajstić information content (AvgIpc) is 3.05. The first kappa shape index (κ1) is 18.2. The van der Waals surface area contributed by atoms with Gasteiger partial charge in [-0.05, 0) is 30.7 Å². The minimum absolute atomic E-state index is 0.132. The molecule has 0 spiro atoms. The molecule has 0 unspecified atom stereocenters. The Hall–Kier alpha value is -2.15. The van der Waals surface area contributed by atoms with Crippen LogP contribution in [0.4, 0.5) is 0 Å². The van der Waals surface area contributed by atoms with Gasteiger partial charge in [0.15, 0.2) is 5.69 Å². The molecular weight excluding hydrogens is 374 g/mol. The van der Waals surface area contributed by atoms with Crippen LogP contribution in [0.15, 0.2) is 39.3 Å². The van der Waals surface area contributed by atoms with E-state index < -0.39 is 0 Å². The quantitative estimate of drug-likeness (QED) is 0.707. The van der Waals surface area contributed by atoms with Gasteiger partial charge in [0.1, 0.15) is 5.76 Å². The lowest BCUT2D eigenvalue weighted by molar-refractivity contribution is 0.0944. The van der Waals surface area contributed by atoms with E-state index in [0.29, 0.717) is 30.8 Å². The summed E-state index contributed by atoms with van der Waals surface area (Å²) in [7, 11) is 0. The van der Waals surface area contributed by atoms with Crippen molar-refractivity contribution < 1.29 is 14.1 Å². The monoisotopic (exact) mass is 393 g/mol. The predicted octanol–water partition coefficient (Wildman–Crippen LogP) is 3.11. The highest BCUT2D eigenvalue weighted by Gasteiger charge is 2.13. The number of nitrogens with one attached hydrogen (secondary N) is 2. The van der Waals surface area contributed by atoms with E-state index in [-0.39, 0.29) is 23.4 Å². The molecule has 6 nitrogen and oxygen atoms in total. The second-order valence-corrected chi connectivity index (χ2v) is 6.56. The molecule has 0 aliphatic carbocycles. The van der Waals surface area contributed by atoms with Crippen LogP contribution in [-0.2, 0) is 0 Å². The van der Waals surface area contributed by atoms with Crippen LogP contribution in [0, 0.1) is 0 Å². The number of benzene rings is 1. The van der Waals surface area contributed by atoms with E-state index in [1.807, 2.05) is 26.0 Å². The van der Waals surface area contributed by atoms with Crippen LogP contribution in [0.5, 0.6) is 0 Å². The van der Waals surface area contributed by atoms with Gasteiger partial charge in [-0.3, -0.25) is 9.59 Å². The third-order valence-corrected chi connectivity index (χ3v) is 3.89. The second kappa shape index (κ2) is 8.63. The Balaban J connectivity index is 1.68. The summed E-state index contributed by atoms with van der Waals surface area (Å²) in [5, 5.41) is 9.32. The number of hydrogen-bond donors (Lipinski definition) is 2. The van der Waals surface area contributed by atoms with Crippen molar-refractivity contribution in [3.8, 4) is 0 Å². The van der Waals surface area contributed by atoms with Gasteiger partial charge in [0.25, 0.3) is 11.8 Å². The highest BCUT2D eigenvalue weighted by Crippen LogP contribution is 2.14. The summed E-state index contributed by atoms with van der Waals surface area (Å²) in [6, 6.07) is 8.78. The summed E-state index contributed by atoms with van der Waals surface area (Å²) < 4.78 is 6.02. The number of carbonyl (C=O) groups is 2. The van der Waals surface area contributed by atoms with Gasteiger partial charge in [0.2, 0.25) is 0 Å². The lowest BCUT2D eigenvalue weighted by Crippen LogP contribution is -2.30. The van der Waals surface area contributed by atoms with Crippen molar-refractivity contribution >= 4 is 27.7 Å². The molecular formula is C17H20BrN3O3. The second-order valence-electron chi connectivity index (χ2n) is 5.64. The topological polar surface area (TPSA) is 84.2 Å². The highest BCUT2D eigenvalue weighted by molar-refractivity contribution is 9.10. The molecule has 0 aliphatic heterocycles. The number of amides is 2. The van der Waals surface area contributed by atoms with E-state index in [9.17, 15) is 9.59 Å². The zero-order valence-electron chi connectivity index (χ0n) is 13.6. The number of carbonyl (C=O) groups excluding carboxylic acids is 2. The van der Waals surface area contributed by atoms with Gasteiger partial charge in [0, 0.05) is 35.1 Å². The fraction of sp³-hybridized carbons (Fsp3) is 0.353. The standard InChI is InChI=1S/C17H20BrN3O3/c1-11(2)15-10-14(21-24-15)17(23)20-9-3-8-19-16(22)12-4-6-13(18)7-5-12/h4-7,10-11H,3,8-9H2,1-2H3,(H,19,22)(H,20,23). The van der Waals surface area contributed by atoms with Gasteiger partial charge in [-0.2, -0.15) is 0 Å². The Kier molecular flexibility index (Phi) is 6.54. The molecule has 0 atom stereocenters. The Morgan fingerprint density at radius 2 is 1.75 bits per heavy atom. The first-order valence-corrected chi connectivity index (χ1v) is 8.55. The Bertz CT molecular complexity index is 695. The van der Waals surface area contributed by atoms with E-state index in [1.165, 1.54) is 0 Å². The Morgan fingerprint density at radius 1 is 1.12 bits per heavy atom. The third kappa shape index (κ3) is 5.19. The molecule has 2 aromatic rings. The maximum Gasteiger partial charge on any atom is 0.273 e.